The molecule has 1 heterocycles. The summed E-state index contributed by atoms with van der Waals surface area (Å²) in [6.07, 6.45) is 3.66. The number of hydrogen-bond acceptors (Lipinski definition) is 2. The van der Waals surface area contributed by atoms with E-state index in [1.54, 1.807) is 18.3 Å². The highest BCUT2D eigenvalue weighted by atomic mass is 127. The number of nitrogens with one attached hydrogen (secondary N) is 2. The molecule has 0 spiro atoms. The van der Waals surface area contributed by atoms with E-state index in [4.69, 9.17) is 0 Å². The minimum atomic E-state index is -0.220. The number of hydrogen-bond donors (Lipinski definition) is 2. The summed E-state index contributed by atoms with van der Waals surface area (Å²) >= 11 is 0. The van der Waals surface area contributed by atoms with Crippen molar-refractivity contribution in [1.82, 2.24) is 20.4 Å². The van der Waals surface area contributed by atoms with Gasteiger partial charge in [-0.25, -0.2) is 14.1 Å². The van der Waals surface area contributed by atoms with E-state index in [1.807, 2.05) is 48.1 Å². The molecule has 2 aromatic carbocycles. The molecule has 5 nitrogen and oxygen atoms in total. The number of aromatic nitrogens is 2. The third kappa shape index (κ3) is 6.06. The summed E-state index contributed by atoms with van der Waals surface area (Å²) < 4.78 is 15.6. The molecule has 7 heteroatoms. The molecule has 0 unspecified atom stereocenters. The van der Waals surface area contributed by atoms with Gasteiger partial charge in [0.2, 0.25) is 0 Å². The third-order valence-electron chi connectivity index (χ3n) is 3.85. The molecule has 27 heavy (non-hydrogen) atoms. The molecule has 0 aliphatic heterocycles. The van der Waals surface area contributed by atoms with Crippen LogP contribution in [-0.2, 0) is 13.1 Å². The lowest BCUT2D eigenvalue weighted by atomic mass is 10.2. The highest BCUT2D eigenvalue weighted by Crippen LogP contribution is 2.10. The van der Waals surface area contributed by atoms with Gasteiger partial charge in [-0.05, 0) is 36.8 Å². The Morgan fingerprint density at radius 1 is 1.11 bits per heavy atom. The maximum Gasteiger partial charge on any atom is 0.191 e. The Bertz CT molecular complexity index is 864. The number of benzene rings is 2. The quantitative estimate of drug-likeness (QED) is 0.321. The van der Waals surface area contributed by atoms with Gasteiger partial charge in [-0.15, -0.1) is 24.0 Å². The normalized spacial score (nSPS) is 11.0. The molecule has 0 aliphatic rings. The van der Waals surface area contributed by atoms with Crippen molar-refractivity contribution >= 4 is 29.9 Å². The zero-order valence-corrected chi connectivity index (χ0v) is 17.4. The molecule has 0 saturated carbocycles. The summed E-state index contributed by atoms with van der Waals surface area (Å²) in [5.41, 5.74) is 2.67. The summed E-state index contributed by atoms with van der Waals surface area (Å²) in [6, 6.07) is 16.7. The monoisotopic (exact) mass is 479 g/mol. The molecule has 0 aliphatic carbocycles. The number of aliphatic imine (C=N–C) groups is 1. The highest BCUT2D eigenvalue weighted by molar-refractivity contribution is 14.0. The van der Waals surface area contributed by atoms with Crippen molar-refractivity contribution in [3.8, 4) is 5.69 Å². The number of halogens is 2. The van der Waals surface area contributed by atoms with Gasteiger partial charge in [0.1, 0.15) is 5.82 Å². The molecule has 1 aromatic heterocycles. The molecule has 0 radical (unpaired) electrons. The Hall–Kier alpha value is -2.42. The van der Waals surface area contributed by atoms with Gasteiger partial charge in [0, 0.05) is 31.0 Å². The first-order chi connectivity index (χ1) is 12.8. The van der Waals surface area contributed by atoms with E-state index in [-0.39, 0.29) is 29.8 Å². The minimum absolute atomic E-state index is 0. The fourth-order valence-electron chi connectivity index (χ4n) is 2.55. The molecule has 3 aromatic rings. The van der Waals surface area contributed by atoms with Crippen LogP contribution in [0.1, 0.15) is 18.1 Å². The maximum absolute atomic E-state index is 13.7. The average Bonchev–Trinajstić information content (AvgIpc) is 3.20. The molecule has 3 rings (SSSR count). The Labute approximate surface area is 175 Å². The van der Waals surface area contributed by atoms with Gasteiger partial charge < -0.3 is 10.6 Å². The second-order valence-corrected chi connectivity index (χ2v) is 5.76. The Morgan fingerprint density at radius 2 is 1.96 bits per heavy atom. The minimum Gasteiger partial charge on any atom is -0.357 e. The van der Waals surface area contributed by atoms with Crippen LogP contribution >= 0.6 is 24.0 Å². The van der Waals surface area contributed by atoms with Crippen LogP contribution in [0.25, 0.3) is 5.69 Å². The van der Waals surface area contributed by atoms with Crippen LogP contribution in [0.4, 0.5) is 4.39 Å². The van der Waals surface area contributed by atoms with Crippen LogP contribution in [0.2, 0.25) is 0 Å². The SMILES string of the molecule is CCNC(=NCc1cccc(-n2cccn2)c1)NCc1ccccc1F.I. The maximum atomic E-state index is 13.7. The summed E-state index contributed by atoms with van der Waals surface area (Å²) in [5, 5.41) is 10.6. The van der Waals surface area contributed by atoms with Crippen LogP contribution in [0, 0.1) is 5.82 Å². The highest BCUT2D eigenvalue weighted by Gasteiger charge is 2.03. The summed E-state index contributed by atoms with van der Waals surface area (Å²) in [4.78, 5) is 4.59. The second kappa shape index (κ2) is 10.7. The van der Waals surface area contributed by atoms with Crippen LogP contribution in [0.15, 0.2) is 72.0 Å². The fourth-order valence-corrected chi connectivity index (χ4v) is 2.55. The number of nitrogens with zero attached hydrogens (tertiary/aromatic N) is 3. The van der Waals surface area contributed by atoms with Crippen molar-refractivity contribution in [1.29, 1.82) is 0 Å². The number of rotatable bonds is 6. The molecule has 0 fully saturated rings. The average molecular weight is 479 g/mol. The molecule has 0 amide bonds. The van der Waals surface area contributed by atoms with Gasteiger partial charge in [-0.1, -0.05) is 30.3 Å². The Balaban J connectivity index is 0.00000261. The van der Waals surface area contributed by atoms with E-state index < -0.39 is 0 Å². The van der Waals surface area contributed by atoms with Crippen molar-refractivity contribution in [2.24, 2.45) is 4.99 Å². The molecule has 0 atom stereocenters. The first-order valence-electron chi connectivity index (χ1n) is 8.61. The smallest absolute Gasteiger partial charge is 0.191 e. The van der Waals surface area contributed by atoms with Crippen molar-refractivity contribution in [3.63, 3.8) is 0 Å². The van der Waals surface area contributed by atoms with Crippen LogP contribution in [0.5, 0.6) is 0 Å². The van der Waals surface area contributed by atoms with Crippen molar-refractivity contribution in [2.45, 2.75) is 20.0 Å². The van der Waals surface area contributed by atoms with Crippen molar-refractivity contribution in [3.05, 3.63) is 83.9 Å². The molecule has 142 valence electrons. The molecule has 2 N–H and O–H groups in total. The third-order valence-corrected chi connectivity index (χ3v) is 3.85. The van der Waals surface area contributed by atoms with E-state index in [1.165, 1.54) is 6.07 Å². The van der Waals surface area contributed by atoms with Gasteiger partial charge in [0.25, 0.3) is 0 Å². The van der Waals surface area contributed by atoms with E-state index >= 15 is 0 Å². The lowest BCUT2D eigenvalue weighted by molar-refractivity contribution is 0.604. The van der Waals surface area contributed by atoms with Gasteiger partial charge in [-0.2, -0.15) is 5.10 Å². The predicted molar refractivity (Wildman–Crippen MR) is 117 cm³/mol. The predicted octanol–water partition coefficient (Wildman–Crippen LogP) is 3.88. The molecule has 0 bridgehead atoms. The van der Waals surface area contributed by atoms with E-state index in [0.29, 0.717) is 24.6 Å². The molecule has 0 saturated heterocycles. The largest absolute Gasteiger partial charge is 0.357 e. The summed E-state index contributed by atoms with van der Waals surface area (Å²) in [5.74, 6) is 0.433. The first-order valence-corrected chi connectivity index (χ1v) is 8.61. The topological polar surface area (TPSA) is 54.2 Å². The summed E-state index contributed by atoms with van der Waals surface area (Å²) in [7, 11) is 0. The Morgan fingerprint density at radius 3 is 2.70 bits per heavy atom. The van der Waals surface area contributed by atoms with E-state index in [0.717, 1.165) is 17.8 Å². The lowest BCUT2D eigenvalue weighted by Crippen LogP contribution is -2.37. The van der Waals surface area contributed by atoms with Gasteiger partial charge >= 0.3 is 0 Å². The standard InChI is InChI=1S/C20H22FN5.HI/c1-2-22-20(24-15-17-8-3-4-10-19(17)21)23-14-16-7-5-9-18(13-16)26-12-6-11-25-26;/h3-13H,2,14-15H2,1H3,(H2,22,23,24);1H. The Kier molecular flexibility index (Phi) is 8.25. The summed E-state index contributed by atoms with van der Waals surface area (Å²) in [6.45, 7) is 3.63. The lowest BCUT2D eigenvalue weighted by Gasteiger charge is -2.12. The van der Waals surface area contributed by atoms with Crippen LogP contribution in [0.3, 0.4) is 0 Å². The fraction of sp³-hybridized carbons (Fsp3) is 0.200. The van der Waals surface area contributed by atoms with Crippen LogP contribution in [-0.4, -0.2) is 22.3 Å². The van der Waals surface area contributed by atoms with Gasteiger partial charge in [0.15, 0.2) is 5.96 Å². The van der Waals surface area contributed by atoms with Crippen LogP contribution < -0.4 is 10.6 Å². The second-order valence-electron chi connectivity index (χ2n) is 5.76. The van der Waals surface area contributed by atoms with Gasteiger partial charge in [0.05, 0.1) is 12.2 Å². The zero-order chi connectivity index (χ0) is 18.2. The number of guanidine groups is 1. The van der Waals surface area contributed by atoms with E-state index in [9.17, 15) is 4.39 Å². The molecular weight excluding hydrogens is 456 g/mol. The van der Waals surface area contributed by atoms with Crippen molar-refractivity contribution in [2.75, 3.05) is 6.54 Å². The molecular formula is C20H23FIN5. The van der Waals surface area contributed by atoms with E-state index in [2.05, 4.69) is 26.8 Å². The van der Waals surface area contributed by atoms with Gasteiger partial charge in [-0.3, -0.25) is 0 Å². The van der Waals surface area contributed by atoms with Crippen molar-refractivity contribution < 1.29 is 4.39 Å². The zero-order valence-electron chi connectivity index (χ0n) is 15.1. The first kappa shape index (κ1) is 20.9.